The number of alkyl halides is 1. The van der Waals surface area contributed by atoms with Crippen LogP contribution in [-0.2, 0) is 0 Å². The molecule has 0 fully saturated rings. The third-order valence-electron chi connectivity index (χ3n) is 3.85. The van der Waals surface area contributed by atoms with Crippen molar-refractivity contribution in [3.8, 4) is 0 Å². The average Bonchev–Trinajstić information content (AvgIpc) is 2.51. The van der Waals surface area contributed by atoms with E-state index >= 15 is 0 Å². The molecule has 0 aliphatic heterocycles. The van der Waals surface area contributed by atoms with Crippen molar-refractivity contribution < 1.29 is 21.5 Å². The van der Waals surface area contributed by atoms with Crippen LogP contribution >= 0.6 is 23.2 Å². The second-order valence-electron chi connectivity index (χ2n) is 5.05. The monoisotopic (exact) mass is 430 g/mol. The Bertz CT molecular complexity index is 697. The molecule has 0 saturated carbocycles. The van der Waals surface area contributed by atoms with E-state index in [9.17, 15) is 0 Å². The molecule has 21 heavy (non-hydrogen) atoms. The predicted octanol–water partition coefficient (Wildman–Crippen LogP) is 2.34. The van der Waals surface area contributed by atoms with Crippen molar-refractivity contribution in [1.82, 2.24) is 0 Å². The molecule has 0 heterocycles. The minimum atomic E-state index is -0.0739. The average molecular weight is 431 g/mol. The summed E-state index contributed by atoms with van der Waals surface area (Å²) in [4.78, 5) is 2.19. The molecule has 3 rings (SSSR count). The summed E-state index contributed by atoms with van der Waals surface area (Å²) in [5, 5.41) is 1.24. The van der Waals surface area contributed by atoms with Crippen LogP contribution in [0.5, 0.6) is 0 Å². The molecule has 0 bridgehead atoms. The summed E-state index contributed by atoms with van der Waals surface area (Å²) in [5.74, 6) is 0.380. The van der Waals surface area contributed by atoms with Gasteiger partial charge in [-0.1, -0.05) is 0 Å². The SMILES string of the molecule is C[I-]N=C1CCC(c2ccc(Cl)c(Cl)c2)c2ccccc21. The molecule has 4 heteroatoms. The standard InChI is InChI=1S/C17H15Cl2IN/c1-20-21-17-9-7-12(13-4-2-3-5-14(13)17)11-6-8-15(18)16(19)10-11/h2-6,8,10,12H,7,9H2,1H3/q-1. The van der Waals surface area contributed by atoms with Crippen molar-refractivity contribution in [2.24, 2.45) is 3.21 Å². The van der Waals surface area contributed by atoms with Gasteiger partial charge in [-0.2, -0.15) is 0 Å². The van der Waals surface area contributed by atoms with Gasteiger partial charge in [-0.15, -0.1) is 0 Å². The Morgan fingerprint density at radius 1 is 1.10 bits per heavy atom. The molecule has 2 aromatic rings. The molecule has 0 aromatic heterocycles. The van der Waals surface area contributed by atoms with Crippen LogP contribution in [0, 0.1) is 0 Å². The zero-order chi connectivity index (χ0) is 14.8. The number of hydrogen-bond donors (Lipinski definition) is 0. The van der Waals surface area contributed by atoms with Crippen LogP contribution in [0.1, 0.15) is 35.4 Å². The fraction of sp³-hybridized carbons (Fsp3) is 0.235. The fourth-order valence-corrected chi connectivity index (χ4v) is 4.29. The molecular weight excluding hydrogens is 416 g/mol. The van der Waals surface area contributed by atoms with E-state index in [0.717, 1.165) is 12.8 Å². The molecule has 0 radical (unpaired) electrons. The van der Waals surface area contributed by atoms with E-state index in [1.54, 1.807) is 0 Å². The normalized spacial score (nSPS) is 19.8. The van der Waals surface area contributed by atoms with E-state index in [-0.39, 0.29) is 21.5 Å². The van der Waals surface area contributed by atoms with E-state index in [1.807, 2.05) is 12.1 Å². The topological polar surface area (TPSA) is 12.4 Å². The maximum atomic E-state index is 6.19. The van der Waals surface area contributed by atoms with Gasteiger partial charge in [-0.05, 0) is 0 Å². The summed E-state index contributed by atoms with van der Waals surface area (Å²) in [5.41, 5.74) is 5.18. The van der Waals surface area contributed by atoms with Crippen molar-refractivity contribution >= 4 is 28.9 Å². The van der Waals surface area contributed by atoms with Gasteiger partial charge in [0.05, 0.1) is 0 Å². The first-order chi connectivity index (χ1) is 10.2. The van der Waals surface area contributed by atoms with Crippen molar-refractivity contribution in [2.75, 3.05) is 4.93 Å². The first kappa shape index (κ1) is 15.3. The molecule has 1 unspecified atom stereocenters. The summed E-state index contributed by atoms with van der Waals surface area (Å²) in [6, 6.07) is 14.6. The number of benzene rings is 2. The summed E-state index contributed by atoms with van der Waals surface area (Å²) in [6.07, 6.45) is 2.12. The van der Waals surface area contributed by atoms with Gasteiger partial charge in [-0.3, -0.25) is 0 Å². The van der Waals surface area contributed by atoms with E-state index in [1.165, 1.54) is 22.4 Å². The second kappa shape index (κ2) is 6.67. The van der Waals surface area contributed by atoms with Crippen molar-refractivity contribution in [1.29, 1.82) is 0 Å². The van der Waals surface area contributed by atoms with E-state index in [4.69, 9.17) is 26.4 Å². The third-order valence-corrected chi connectivity index (χ3v) is 5.65. The quantitative estimate of drug-likeness (QED) is 0.512. The molecule has 1 atom stereocenters. The Labute approximate surface area is 146 Å². The van der Waals surface area contributed by atoms with Gasteiger partial charge >= 0.3 is 146 Å². The van der Waals surface area contributed by atoms with Gasteiger partial charge in [0, 0.05) is 0 Å². The number of nitrogens with zero attached hydrogens (tertiary/aromatic N) is 1. The summed E-state index contributed by atoms with van der Waals surface area (Å²) >= 11 is 12.2. The van der Waals surface area contributed by atoms with Crippen LogP contribution in [0.4, 0.5) is 0 Å². The van der Waals surface area contributed by atoms with Crippen LogP contribution in [-0.4, -0.2) is 10.6 Å². The van der Waals surface area contributed by atoms with Gasteiger partial charge in [0.15, 0.2) is 0 Å². The number of hydrogen-bond acceptors (Lipinski definition) is 1. The van der Waals surface area contributed by atoms with Crippen LogP contribution < -0.4 is 21.5 Å². The molecule has 0 amide bonds. The number of halogens is 3. The van der Waals surface area contributed by atoms with Crippen molar-refractivity contribution in [3.63, 3.8) is 0 Å². The molecule has 110 valence electrons. The first-order valence-electron chi connectivity index (χ1n) is 6.80. The Morgan fingerprint density at radius 3 is 2.67 bits per heavy atom. The zero-order valence-corrected chi connectivity index (χ0v) is 15.3. The summed E-state index contributed by atoms with van der Waals surface area (Å²) in [6.45, 7) is 0. The van der Waals surface area contributed by atoms with Crippen LogP contribution in [0.15, 0.2) is 45.7 Å². The van der Waals surface area contributed by atoms with Gasteiger partial charge in [-0.25, -0.2) is 0 Å². The Morgan fingerprint density at radius 2 is 1.90 bits per heavy atom. The molecule has 0 N–H and O–H groups in total. The van der Waals surface area contributed by atoms with E-state index < -0.39 is 0 Å². The van der Waals surface area contributed by atoms with E-state index in [0.29, 0.717) is 16.0 Å². The summed E-state index contributed by atoms with van der Waals surface area (Å²) in [7, 11) is 0. The second-order valence-corrected chi connectivity index (χ2v) is 7.31. The van der Waals surface area contributed by atoms with Gasteiger partial charge in [0.2, 0.25) is 0 Å². The Balaban J connectivity index is 2.07. The predicted molar refractivity (Wildman–Crippen MR) is 86.4 cm³/mol. The first-order valence-corrected chi connectivity index (χ1v) is 10.7. The fourth-order valence-electron chi connectivity index (χ4n) is 2.90. The maximum absolute atomic E-state index is 6.19. The zero-order valence-electron chi connectivity index (χ0n) is 11.6. The van der Waals surface area contributed by atoms with Crippen LogP contribution in [0.2, 0.25) is 10.0 Å². The minimum absolute atomic E-state index is 0.0739. The third kappa shape index (κ3) is 3.13. The molecule has 0 spiro atoms. The Hall–Kier alpha value is -0.580. The molecular formula is C17H15Cl2IN-. The molecule has 1 nitrogen and oxygen atoms in total. The molecule has 1 aliphatic rings. The molecule has 1 aliphatic carbocycles. The van der Waals surface area contributed by atoms with Crippen molar-refractivity contribution in [3.05, 3.63) is 69.2 Å². The number of rotatable bonds is 2. The molecule has 2 aromatic carbocycles. The van der Waals surface area contributed by atoms with Crippen molar-refractivity contribution in [2.45, 2.75) is 18.8 Å². The van der Waals surface area contributed by atoms with Crippen LogP contribution in [0.25, 0.3) is 0 Å². The van der Waals surface area contributed by atoms with Gasteiger partial charge < -0.3 is 0 Å². The number of fused-ring (bicyclic) bond motifs is 1. The molecule has 0 saturated heterocycles. The Kier molecular flexibility index (Phi) is 4.87. The summed E-state index contributed by atoms with van der Waals surface area (Å²) < 4.78 is 4.76. The van der Waals surface area contributed by atoms with E-state index in [2.05, 4.69) is 35.3 Å². The van der Waals surface area contributed by atoms with Gasteiger partial charge in [0.25, 0.3) is 0 Å². The van der Waals surface area contributed by atoms with Gasteiger partial charge in [0.1, 0.15) is 0 Å². The van der Waals surface area contributed by atoms with Crippen LogP contribution in [0.3, 0.4) is 0 Å².